The molecule has 1 heterocycles. The number of carbonyl (C=O) groups is 1. The van der Waals surface area contributed by atoms with E-state index in [9.17, 15) is 4.79 Å². The summed E-state index contributed by atoms with van der Waals surface area (Å²) in [6.45, 7) is 4.25. The molecule has 0 aromatic heterocycles. The molecule has 1 saturated carbocycles. The van der Waals surface area contributed by atoms with Crippen LogP contribution in [0.1, 0.15) is 32.3 Å². The van der Waals surface area contributed by atoms with Gasteiger partial charge >= 0.3 is 5.97 Å². The average Bonchev–Trinajstić information content (AvgIpc) is 2.92. The van der Waals surface area contributed by atoms with Crippen LogP contribution in [0.2, 0.25) is 0 Å². The molecule has 0 radical (unpaired) electrons. The molecule has 1 aromatic carbocycles. The van der Waals surface area contributed by atoms with Crippen LogP contribution in [0.25, 0.3) is 0 Å². The second-order valence-corrected chi connectivity index (χ2v) is 7.81. The Morgan fingerprint density at radius 1 is 1.31 bits per heavy atom. The number of fused-ring (bicyclic) bond motifs is 3. The largest absolute Gasteiger partial charge is 0.457 e. The Hall–Kier alpha value is -2.36. The minimum atomic E-state index is -0.151. The number of allylic oxidation sites excluding steroid dienone is 3. The fraction of sp³-hybridized carbons (Fsp3) is 0.455. The molecule has 0 unspecified atom stereocenters. The van der Waals surface area contributed by atoms with E-state index in [0.29, 0.717) is 0 Å². The Balaban J connectivity index is 1.85. The van der Waals surface area contributed by atoms with Gasteiger partial charge in [-0.15, -0.1) is 0 Å². The molecule has 0 bridgehead atoms. The predicted molar refractivity (Wildman–Crippen MR) is 101 cm³/mol. The van der Waals surface area contributed by atoms with Crippen molar-refractivity contribution < 1.29 is 14.4 Å². The molecule has 1 aliphatic heterocycles. The molecule has 1 aromatic rings. The lowest BCUT2D eigenvalue weighted by atomic mass is 9.61. The summed E-state index contributed by atoms with van der Waals surface area (Å²) in [7, 11) is 1.57. The number of nitrogens with zero attached hydrogens (tertiary/aromatic N) is 1. The first kappa shape index (κ1) is 17.1. The highest BCUT2D eigenvalue weighted by Gasteiger charge is 2.53. The van der Waals surface area contributed by atoms with Crippen molar-refractivity contribution in [3.63, 3.8) is 0 Å². The SMILES string of the molecule is CO/N=C1\C=C[C@]2(C)CC[C@H]3[C@H](C)C(=O)O[C@@H]3C2=C1Cc1ccccc1. The van der Waals surface area contributed by atoms with Gasteiger partial charge in [-0.25, -0.2) is 0 Å². The molecular weight excluding hydrogens is 326 g/mol. The van der Waals surface area contributed by atoms with E-state index in [1.54, 1.807) is 7.11 Å². The molecule has 2 aliphatic carbocycles. The van der Waals surface area contributed by atoms with Crippen LogP contribution in [-0.4, -0.2) is 24.9 Å². The Morgan fingerprint density at radius 2 is 2.08 bits per heavy atom. The Morgan fingerprint density at radius 3 is 2.81 bits per heavy atom. The van der Waals surface area contributed by atoms with E-state index in [1.807, 2.05) is 25.1 Å². The lowest BCUT2D eigenvalue weighted by molar-refractivity contribution is -0.143. The average molecular weight is 351 g/mol. The van der Waals surface area contributed by atoms with E-state index in [4.69, 9.17) is 9.57 Å². The molecule has 2 fully saturated rings. The molecule has 0 spiro atoms. The number of hydrogen-bond donors (Lipinski definition) is 0. The Labute approximate surface area is 154 Å². The van der Waals surface area contributed by atoms with Crippen molar-refractivity contribution in [3.8, 4) is 0 Å². The van der Waals surface area contributed by atoms with Gasteiger partial charge in [-0.1, -0.05) is 55.4 Å². The molecule has 0 N–H and O–H groups in total. The van der Waals surface area contributed by atoms with Gasteiger partial charge < -0.3 is 9.57 Å². The maximum atomic E-state index is 12.3. The van der Waals surface area contributed by atoms with Crippen LogP contribution in [0.5, 0.6) is 0 Å². The molecule has 4 rings (SSSR count). The van der Waals surface area contributed by atoms with Gasteiger partial charge in [0, 0.05) is 11.3 Å². The van der Waals surface area contributed by atoms with Gasteiger partial charge in [0.2, 0.25) is 0 Å². The summed E-state index contributed by atoms with van der Waals surface area (Å²) in [6.07, 6.45) is 6.92. The third kappa shape index (κ3) is 2.68. The maximum Gasteiger partial charge on any atom is 0.309 e. The molecule has 3 aliphatic rings. The summed E-state index contributed by atoms with van der Waals surface area (Å²) >= 11 is 0. The highest BCUT2D eigenvalue weighted by molar-refractivity contribution is 6.10. The van der Waals surface area contributed by atoms with Crippen LogP contribution in [0.3, 0.4) is 0 Å². The van der Waals surface area contributed by atoms with E-state index < -0.39 is 0 Å². The van der Waals surface area contributed by atoms with Gasteiger partial charge in [-0.05, 0) is 42.0 Å². The molecule has 1 saturated heterocycles. The monoisotopic (exact) mass is 351 g/mol. The first-order chi connectivity index (χ1) is 12.5. The fourth-order valence-electron chi connectivity index (χ4n) is 4.72. The first-order valence-corrected chi connectivity index (χ1v) is 9.32. The summed E-state index contributed by atoms with van der Waals surface area (Å²) in [5.41, 5.74) is 4.31. The first-order valence-electron chi connectivity index (χ1n) is 9.32. The van der Waals surface area contributed by atoms with Crippen LogP contribution in [0.15, 0.2) is 58.8 Å². The fourth-order valence-corrected chi connectivity index (χ4v) is 4.72. The second-order valence-electron chi connectivity index (χ2n) is 7.81. The third-order valence-electron chi connectivity index (χ3n) is 6.20. The van der Waals surface area contributed by atoms with Crippen LogP contribution in [-0.2, 0) is 20.8 Å². The summed E-state index contributed by atoms with van der Waals surface area (Å²) in [5.74, 6) is 0.144. The molecule has 26 heavy (non-hydrogen) atoms. The molecule has 4 nitrogen and oxygen atoms in total. The number of hydrogen-bond acceptors (Lipinski definition) is 4. The zero-order valence-corrected chi connectivity index (χ0v) is 15.6. The predicted octanol–water partition coefficient (Wildman–Crippen LogP) is 4.08. The van der Waals surface area contributed by atoms with Gasteiger partial charge in [0.25, 0.3) is 0 Å². The van der Waals surface area contributed by atoms with E-state index in [2.05, 4.69) is 36.4 Å². The number of rotatable bonds is 3. The molecule has 0 amide bonds. The number of esters is 1. The smallest absolute Gasteiger partial charge is 0.309 e. The third-order valence-corrected chi connectivity index (χ3v) is 6.20. The van der Waals surface area contributed by atoms with Crippen molar-refractivity contribution >= 4 is 11.7 Å². The van der Waals surface area contributed by atoms with Crippen molar-refractivity contribution in [1.82, 2.24) is 0 Å². The van der Waals surface area contributed by atoms with Gasteiger partial charge in [-0.2, -0.15) is 0 Å². The maximum absolute atomic E-state index is 12.3. The lowest BCUT2D eigenvalue weighted by Gasteiger charge is -2.43. The van der Waals surface area contributed by atoms with E-state index in [1.165, 1.54) is 11.1 Å². The van der Waals surface area contributed by atoms with Gasteiger partial charge in [-0.3, -0.25) is 4.79 Å². The molecule has 4 heteroatoms. The van der Waals surface area contributed by atoms with Crippen molar-refractivity contribution in [2.45, 2.75) is 39.2 Å². The van der Waals surface area contributed by atoms with E-state index >= 15 is 0 Å². The topological polar surface area (TPSA) is 47.9 Å². The van der Waals surface area contributed by atoms with Crippen molar-refractivity contribution in [3.05, 3.63) is 59.2 Å². The van der Waals surface area contributed by atoms with Crippen LogP contribution in [0, 0.1) is 17.3 Å². The standard InChI is InChI=1S/C22H25NO3/c1-14-16-9-11-22(2)12-10-18(23-25-3)17(13-15-7-5-4-6-8-15)19(22)20(16)26-21(14)24/h4-8,10,12,14,16,20H,9,11,13H2,1-3H3/b23-18+/t14-,16-,20-,22-/m0/s1. The minimum absolute atomic E-state index is 0.0382. The van der Waals surface area contributed by atoms with Crippen LogP contribution >= 0.6 is 0 Å². The quantitative estimate of drug-likeness (QED) is 0.609. The normalized spacial score (nSPS) is 34.5. The Bertz CT molecular complexity index is 808. The summed E-state index contributed by atoms with van der Waals surface area (Å²) in [5, 5.41) is 4.27. The number of oxime groups is 1. The zero-order valence-electron chi connectivity index (χ0n) is 15.6. The molecule has 136 valence electrons. The molecular formula is C22H25NO3. The van der Waals surface area contributed by atoms with Gasteiger partial charge in [0.1, 0.15) is 18.9 Å². The lowest BCUT2D eigenvalue weighted by Crippen LogP contribution is -2.40. The van der Waals surface area contributed by atoms with Crippen molar-refractivity contribution in [2.75, 3.05) is 7.11 Å². The van der Waals surface area contributed by atoms with Gasteiger partial charge in [0.15, 0.2) is 0 Å². The second kappa shape index (κ2) is 6.42. The number of benzene rings is 1. The van der Waals surface area contributed by atoms with E-state index in [0.717, 1.165) is 30.5 Å². The van der Waals surface area contributed by atoms with Crippen LogP contribution in [0.4, 0.5) is 0 Å². The summed E-state index contributed by atoms with van der Waals surface area (Å²) in [4.78, 5) is 17.4. The minimum Gasteiger partial charge on any atom is -0.457 e. The van der Waals surface area contributed by atoms with Crippen LogP contribution < -0.4 is 0 Å². The highest BCUT2D eigenvalue weighted by Crippen LogP contribution is 2.53. The summed E-state index contributed by atoms with van der Waals surface area (Å²) in [6, 6.07) is 10.4. The number of carbonyl (C=O) groups excluding carboxylic acids is 1. The molecule has 4 atom stereocenters. The number of ether oxygens (including phenoxy) is 1. The zero-order chi connectivity index (χ0) is 18.3. The van der Waals surface area contributed by atoms with Gasteiger partial charge in [0.05, 0.1) is 5.92 Å². The van der Waals surface area contributed by atoms with Crippen molar-refractivity contribution in [1.29, 1.82) is 0 Å². The van der Waals surface area contributed by atoms with E-state index in [-0.39, 0.29) is 29.3 Å². The Kier molecular flexibility index (Phi) is 4.22. The van der Waals surface area contributed by atoms with Crippen molar-refractivity contribution in [2.24, 2.45) is 22.4 Å². The summed E-state index contributed by atoms with van der Waals surface area (Å²) < 4.78 is 5.88. The highest BCUT2D eigenvalue weighted by atomic mass is 16.6.